The van der Waals surface area contributed by atoms with E-state index in [1.807, 2.05) is 6.07 Å². The third-order valence-electron chi connectivity index (χ3n) is 2.63. The van der Waals surface area contributed by atoms with Crippen LogP contribution < -0.4 is 4.72 Å². The van der Waals surface area contributed by atoms with Gasteiger partial charge >= 0.3 is 0 Å². The molecule has 0 aliphatic carbocycles. The molecule has 0 spiro atoms. The van der Waals surface area contributed by atoms with Crippen LogP contribution in [0.2, 0.25) is 0 Å². The largest absolute Gasteiger partial charge is 0.280 e. The predicted octanol–water partition coefficient (Wildman–Crippen LogP) is 3.25. The van der Waals surface area contributed by atoms with Crippen LogP contribution in [-0.4, -0.2) is 8.42 Å². The number of nitriles is 1. The maximum atomic E-state index is 12.2. The first-order valence-electron chi connectivity index (χ1n) is 5.73. The molecule has 0 bridgehead atoms. The molecule has 1 N–H and O–H groups in total. The number of benzene rings is 2. The summed E-state index contributed by atoms with van der Waals surface area (Å²) in [6.45, 7) is 0. The third-order valence-corrected chi connectivity index (χ3v) is 4.68. The van der Waals surface area contributed by atoms with Gasteiger partial charge in [-0.05, 0) is 35.9 Å². The second-order valence-electron chi connectivity index (χ2n) is 4.08. The minimum atomic E-state index is -3.64. The zero-order valence-corrected chi connectivity index (χ0v) is 12.8. The highest BCUT2D eigenvalue weighted by atomic mass is 79.9. The Hall–Kier alpha value is -1.84. The highest BCUT2D eigenvalue weighted by Crippen LogP contribution is 2.18. The Bertz CT molecular complexity index is 749. The summed E-state index contributed by atoms with van der Waals surface area (Å²) in [6.07, 6.45) is 0. The predicted molar refractivity (Wildman–Crippen MR) is 81.0 cm³/mol. The molecule has 0 fully saturated rings. The summed E-state index contributed by atoms with van der Waals surface area (Å²) in [6, 6.07) is 14.9. The lowest BCUT2D eigenvalue weighted by Gasteiger charge is -2.08. The molecule has 4 nitrogen and oxygen atoms in total. The monoisotopic (exact) mass is 350 g/mol. The summed E-state index contributed by atoms with van der Waals surface area (Å²) >= 11 is 3.31. The van der Waals surface area contributed by atoms with Gasteiger partial charge < -0.3 is 0 Å². The summed E-state index contributed by atoms with van der Waals surface area (Å²) in [5.41, 5.74) is 1.77. The number of halogens is 1. The Labute approximate surface area is 126 Å². The van der Waals surface area contributed by atoms with Gasteiger partial charge in [-0.1, -0.05) is 34.1 Å². The van der Waals surface area contributed by atoms with Crippen LogP contribution in [-0.2, 0) is 15.4 Å². The van der Waals surface area contributed by atoms with Crippen molar-refractivity contribution in [2.45, 2.75) is 10.2 Å². The SMILES string of the molecule is N#Cc1cccc(NS(=O)(=O)c2ccc(CBr)cc2)c1. The van der Waals surface area contributed by atoms with E-state index in [1.54, 1.807) is 42.5 Å². The normalized spacial score (nSPS) is 10.8. The maximum absolute atomic E-state index is 12.2. The van der Waals surface area contributed by atoms with Crippen molar-refractivity contribution in [1.29, 1.82) is 5.26 Å². The fraction of sp³-hybridized carbons (Fsp3) is 0.0714. The quantitative estimate of drug-likeness (QED) is 0.860. The molecule has 2 aromatic carbocycles. The van der Waals surface area contributed by atoms with Crippen molar-refractivity contribution in [2.75, 3.05) is 4.72 Å². The van der Waals surface area contributed by atoms with Crippen molar-refractivity contribution in [3.8, 4) is 6.07 Å². The Morgan fingerprint density at radius 3 is 2.45 bits per heavy atom. The molecule has 6 heteroatoms. The van der Waals surface area contributed by atoms with E-state index < -0.39 is 10.0 Å². The van der Waals surface area contributed by atoms with E-state index in [2.05, 4.69) is 20.7 Å². The minimum Gasteiger partial charge on any atom is -0.280 e. The van der Waals surface area contributed by atoms with Gasteiger partial charge in [-0.25, -0.2) is 8.42 Å². The number of anilines is 1. The van der Waals surface area contributed by atoms with Gasteiger partial charge in [0.25, 0.3) is 10.0 Å². The van der Waals surface area contributed by atoms with Crippen molar-refractivity contribution >= 4 is 31.6 Å². The molecule has 2 aromatic rings. The smallest absolute Gasteiger partial charge is 0.261 e. The fourth-order valence-corrected chi connectivity index (χ4v) is 3.05. The summed E-state index contributed by atoms with van der Waals surface area (Å²) in [4.78, 5) is 0.185. The molecule has 0 atom stereocenters. The molecule has 0 heterocycles. The molecule has 0 aliphatic heterocycles. The van der Waals surface area contributed by atoms with Crippen LogP contribution in [0, 0.1) is 11.3 Å². The van der Waals surface area contributed by atoms with E-state index in [0.717, 1.165) is 5.56 Å². The van der Waals surface area contributed by atoms with Crippen LogP contribution in [0.15, 0.2) is 53.4 Å². The number of nitrogens with one attached hydrogen (secondary N) is 1. The first-order valence-corrected chi connectivity index (χ1v) is 8.33. The van der Waals surface area contributed by atoms with E-state index in [1.165, 1.54) is 6.07 Å². The van der Waals surface area contributed by atoms with Crippen molar-refractivity contribution in [3.05, 3.63) is 59.7 Å². The molecule has 0 unspecified atom stereocenters. The van der Waals surface area contributed by atoms with Gasteiger partial charge in [-0.2, -0.15) is 5.26 Å². The third kappa shape index (κ3) is 3.38. The molecule has 0 saturated carbocycles. The van der Waals surface area contributed by atoms with Crippen LogP contribution in [0.3, 0.4) is 0 Å². The number of alkyl halides is 1. The Morgan fingerprint density at radius 1 is 1.15 bits per heavy atom. The molecule has 20 heavy (non-hydrogen) atoms. The lowest BCUT2D eigenvalue weighted by Crippen LogP contribution is -2.12. The Balaban J connectivity index is 2.28. The molecule has 0 radical (unpaired) electrons. The van der Waals surface area contributed by atoms with E-state index in [-0.39, 0.29) is 4.90 Å². The summed E-state index contributed by atoms with van der Waals surface area (Å²) in [5, 5.41) is 9.48. The van der Waals surface area contributed by atoms with Crippen LogP contribution in [0.5, 0.6) is 0 Å². The summed E-state index contributed by atoms with van der Waals surface area (Å²) in [7, 11) is -3.64. The number of hydrogen-bond donors (Lipinski definition) is 1. The molecule has 0 saturated heterocycles. The Morgan fingerprint density at radius 2 is 1.85 bits per heavy atom. The Kier molecular flexibility index (Phi) is 4.42. The molecule has 0 aliphatic rings. The number of nitrogens with zero attached hydrogens (tertiary/aromatic N) is 1. The maximum Gasteiger partial charge on any atom is 0.261 e. The lowest BCUT2D eigenvalue weighted by atomic mass is 10.2. The summed E-state index contributed by atoms with van der Waals surface area (Å²) < 4.78 is 26.8. The van der Waals surface area contributed by atoms with Gasteiger partial charge in [-0.3, -0.25) is 4.72 Å². The number of sulfonamides is 1. The van der Waals surface area contributed by atoms with Crippen molar-refractivity contribution < 1.29 is 8.42 Å². The van der Waals surface area contributed by atoms with E-state index in [4.69, 9.17) is 5.26 Å². The van der Waals surface area contributed by atoms with E-state index >= 15 is 0 Å². The van der Waals surface area contributed by atoms with Crippen LogP contribution >= 0.6 is 15.9 Å². The highest BCUT2D eigenvalue weighted by molar-refractivity contribution is 9.08. The van der Waals surface area contributed by atoms with E-state index in [9.17, 15) is 8.42 Å². The second-order valence-corrected chi connectivity index (χ2v) is 6.32. The van der Waals surface area contributed by atoms with Crippen molar-refractivity contribution in [2.24, 2.45) is 0 Å². The minimum absolute atomic E-state index is 0.185. The number of hydrogen-bond acceptors (Lipinski definition) is 3. The standard InChI is InChI=1S/C14H11BrN2O2S/c15-9-11-4-6-14(7-5-11)20(18,19)17-13-3-1-2-12(8-13)10-16/h1-8,17H,9H2. The van der Waals surface area contributed by atoms with Crippen molar-refractivity contribution in [1.82, 2.24) is 0 Å². The summed E-state index contributed by atoms with van der Waals surface area (Å²) in [5.74, 6) is 0. The highest BCUT2D eigenvalue weighted by Gasteiger charge is 2.14. The van der Waals surface area contributed by atoms with Gasteiger partial charge in [0.05, 0.1) is 22.2 Å². The zero-order chi connectivity index (χ0) is 14.6. The molecular formula is C14H11BrN2O2S. The first-order chi connectivity index (χ1) is 9.55. The topological polar surface area (TPSA) is 70.0 Å². The van der Waals surface area contributed by atoms with Gasteiger partial charge in [-0.15, -0.1) is 0 Å². The number of rotatable bonds is 4. The van der Waals surface area contributed by atoms with Gasteiger partial charge in [0.1, 0.15) is 0 Å². The molecule has 0 amide bonds. The second kappa shape index (κ2) is 6.07. The van der Waals surface area contributed by atoms with E-state index in [0.29, 0.717) is 16.6 Å². The van der Waals surface area contributed by atoms with Crippen LogP contribution in [0.4, 0.5) is 5.69 Å². The lowest BCUT2D eigenvalue weighted by molar-refractivity contribution is 0.601. The molecule has 2 rings (SSSR count). The van der Waals surface area contributed by atoms with Crippen molar-refractivity contribution in [3.63, 3.8) is 0 Å². The molecule has 0 aromatic heterocycles. The van der Waals surface area contributed by atoms with Crippen LogP contribution in [0.25, 0.3) is 0 Å². The average molecular weight is 351 g/mol. The fourth-order valence-electron chi connectivity index (χ4n) is 1.62. The molecule has 102 valence electrons. The first kappa shape index (κ1) is 14.6. The van der Waals surface area contributed by atoms with Gasteiger partial charge in [0.2, 0.25) is 0 Å². The molecular weight excluding hydrogens is 340 g/mol. The van der Waals surface area contributed by atoms with Crippen LogP contribution in [0.1, 0.15) is 11.1 Å². The zero-order valence-electron chi connectivity index (χ0n) is 10.4. The average Bonchev–Trinajstić information content (AvgIpc) is 2.47. The van der Waals surface area contributed by atoms with Gasteiger partial charge in [0, 0.05) is 5.33 Å². The van der Waals surface area contributed by atoms with Gasteiger partial charge in [0.15, 0.2) is 0 Å².